The molecule has 0 fully saturated rings. The normalized spacial score (nSPS) is 10.5. The summed E-state index contributed by atoms with van der Waals surface area (Å²) < 4.78 is 0.552. The summed E-state index contributed by atoms with van der Waals surface area (Å²) in [6.45, 7) is 3.19. The lowest BCUT2D eigenvalue weighted by Gasteiger charge is -2.22. The van der Waals surface area contributed by atoms with Crippen molar-refractivity contribution in [3.05, 3.63) is 28.5 Å². The number of carbonyl (C=O) groups excluding carboxylic acids is 1. The molecule has 0 spiro atoms. The molecule has 4 nitrogen and oxygen atoms in total. The predicted molar refractivity (Wildman–Crippen MR) is 79.1 cm³/mol. The second-order valence-electron chi connectivity index (χ2n) is 4.42. The average Bonchev–Trinajstić information content (AvgIpc) is 2.42. The van der Waals surface area contributed by atoms with Crippen LogP contribution >= 0.6 is 15.9 Å². The van der Waals surface area contributed by atoms with Crippen molar-refractivity contribution in [1.29, 1.82) is 0 Å². The van der Waals surface area contributed by atoms with Crippen molar-refractivity contribution in [3.63, 3.8) is 0 Å². The van der Waals surface area contributed by atoms with Gasteiger partial charge in [0.25, 0.3) is 5.91 Å². The Hall–Kier alpha value is -0.940. The zero-order valence-electron chi connectivity index (χ0n) is 11.3. The van der Waals surface area contributed by atoms with Gasteiger partial charge in [-0.05, 0) is 34.5 Å². The minimum absolute atomic E-state index is 0.0165. The number of aliphatic hydroxyl groups is 1. The van der Waals surface area contributed by atoms with Crippen LogP contribution in [0.25, 0.3) is 0 Å². The van der Waals surface area contributed by atoms with Gasteiger partial charge in [0.15, 0.2) is 0 Å². The molecule has 0 saturated carbocycles. The Morgan fingerprint density at radius 1 is 1.37 bits per heavy atom. The van der Waals surface area contributed by atoms with Crippen LogP contribution in [-0.4, -0.2) is 40.6 Å². The zero-order chi connectivity index (χ0) is 14.1. The van der Waals surface area contributed by atoms with E-state index in [4.69, 9.17) is 5.11 Å². The molecule has 1 rings (SSSR count). The maximum Gasteiger partial charge on any atom is 0.256 e. The lowest BCUT2D eigenvalue weighted by Crippen LogP contribution is -2.34. The summed E-state index contributed by atoms with van der Waals surface area (Å²) in [7, 11) is 0. The van der Waals surface area contributed by atoms with Crippen LogP contribution < -0.4 is 0 Å². The molecular weight excluding hydrogens is 308 g/mol. The Balaban J connectivity index is 2.64. The van der Waals surface area contributed by atoms with Crippen molar-refractivity contribution in [2.45, 2.75) is 32.6 Å². The van der Waals surface area contributed by atoms with E-state index < -0.39 is 0 Å². The Labute approximate surface area is 123 Å². The predicted octanol–water partition coefficient (Wildman–Crippen LogP) is 2.86. The van der Waals surface area contributed by atoms with Crippen LogP contribution in [0.3, 0.4) is 0 Å². The van der Waals surface area contributed by atoms with Crippen molar-refractivity contribution < 1.29 is 9.90 Å². The molecule has 1 aromatic rings. The summed E-state index contributed by atoms with van der Waals surface area (Å²) >= 11 is 3.29. The Morgan fingerprint density at radius 2 is 2.16 bits per heavy atom. The molecule has 0 unspecified atom stereocenters. The van der Waals surface area contributed by atoms with E-state index in [0.29, 0.717) is 23.3 Å². The molecule has 0 aliphatic carbocycles. The molecule has 0 saturated heterocycles. The van der Waals surface area contributed by atoms with Gasteiger partial charge in [0.1, 0.15) is 4.60 Å². The molecule has 0 bridgehead atoms. The lowest BCUT2D eigenvalue weighted by molar-refractivity contribution is 0.0717. The van der Waals surface area contributed by atoms with Gasteiger partial charge in [-0.15, -0.1) is 0 Å². The van der Waals surface area contributed by atoms with E-state index in [1.54, 1.807) is 23.2 Å². The molecule has 1 amide bonds. The van der Waals surface area contributed by atoms with E-state index in [1.807, 2.05) is 0 Å². The highest BCUT2D eigenvalue weighted by molar-refractivity contribution is 9.10. The smallest absolute Gasteiger partial charge is 0.256 e. The van der Waals surface area contributed by atoms with Crippen molar-refractivity contribution in [3.8, 4) is 0 Å². The Morgan fingerprint density at radius 3 is 2.79 bits per heavy atom. The number of amides is 1. The fraction of sp³-hybridized carbons (Fsp3) is 0.571. The third kappa shape index (κ3) is 5.28. The van der Waals surface area contributed by atoms with Crippen LogP contribution in [0, 0.1) is 0 Å². The first-order valence-electron chi connectivity index (χ1n) is 6.71. The summed E-state index contributed by atoms with van der Waals surface area (Å²) in [5.41, 5.74) is 0.548. The third-order valence-electron chi connectivity index (χ3n) is 2.93. The Bertz CT molecular complexity index is 399. The summed E-state index contributed by atoms with van der Waals surface area (Å²) in [6.07, 6.45) is 6.07. The number of halogens is 1. The SMILES string of the molecule is CCCCCCN(CCO)C(=O)c1cccnc1Br. The van der Waals surface area contributed by atoms with E-state index in [1.165, 1.54) is 12.8 Å². The van der Waals surface area contributed by atoms with Crippen LogP contribution in [-0.2, 0) is 0 Å². The van der Waals surface area contributed by atoms with Gasteiger partial charge < -0.3 is 10.0 Å². The number of hydrogen-bond donors (Lipinski definition) is 1. The van der Waals surface area contributed by atoms with Crippen LogP contribution in [0.2, 0.25) is 0 Å². The number of aromatic nitrogens is 1. The molecule has 1 N–H and O–H groups in total. The van der Waals surface area contributed by atoms with E-state index in [2.05, 4.69) is 27.8 Å². The topological polar surface area (TPSA) is 53.4 Å². The van der Waals surface area contributed by atoms with Crippen molar-refractivity contribution in [1.82, 2.24) is 9.88 Å². The molecule has 5 heteroatoms. The number of aliphatic hydroxyl groups excluding tert-OH is 1. The largest absolute Gasteiger partial charge is 0.395 e. The van der Waals surface area contributed by atoms with Crippen molar-refractivity contribution >= 4 is 21.8 Å². The molecule has 19 heavy (non-hydrogen) atoms. The number of carbonyl (C=O) groups is 1. The highest BCUT2D eigenvalue weighted by Crippen LogP contribution is 2.15. The van der Waals surface area contributed by atoms with Gasteiger partial charge in [-0.3, -0.25) is 4.79 Å². The molecule has 1 aromatic heterocycles. The van der Waals surface area contributed by atoms with Gasteiger partial charge in [-0.2, -0.15) is 0 Å². The minimum Gasteiger partial charge on any atom is -0.395 e. The van der Waals surface area contributed by atoms with Gasteiger partial charge in [-0.1, -0.05) is 26.2 Å². The highest BCUT2D eigenvalue weighted by atomic mass is 79.9. The number of nitrogens with zero attached hydrogens (tertiary/aromatic N) is 2. The summed E-state index contributed by atoms with van der Waals surface area (Å²) in [5, 5.41) is 9.08. The van der Waals surface area contributed by atoms with E-state index in [9.17, 15) is 4.79 Å². The van der Waals surface area contributed by atoms with E-state index >= 15 is 0 Å². The molecule has 0 aromatic carbocycles. The highest BCUT2D eigenvalue weighted by Gasteiger charge is 2.17. The number of rotatable bonds is 8. The molecule has 106 valence electrons. The average molecular weight is 329 g/mol. The number of pyridine rings is 1. The first kappa shape index (κ1) is 16.1. The zero-order valence-corrected chi connectivity index (χ0v) is 12.9. The third-order valence-corrected chi connectivity index (χ3v) is 3.56. The van der Waals surface area contributed by atoms with Crippen molar-refractivity contribution in [2.75, 3.05) is 19.7 Å². The van der Waals surface area contributed by atoms with Gasteiger partial charge in [0, 0.05) is 19.3 Å². The summed E-state index contributed by atoms with van der Waals surface area (Å²) in [6, 6.07) is 3.49. The minimum atomic E-state index is -0.0782. The maximum absolute atomic E-state index is 12.4. The van der Waals surface area contributed by atoms with Crippen LogP contribution in [0.5, 0.6) is 0 Å². The molecular formula is C14H21BrN2O2. The van der Waals surface area contributed by atoms with E-state index in [-0.39, 0.29) is 12.5 Å². The van der Waals surface area contributed by atoms with Crippen molar-refractivity contribution in [2.24, 2.45) is 0 Å². The molecule has 0 aliphatic rings. The second kappa shape index (κ2) is 9.04. The maximum atomic E-state index is 12.4. The number of unbranched alkanes of at least 4 members (excludes halogenated alkanes) is 3. The van der Waals surface area contributed by atoms with Crippen LogP contribution in [0.15, 0.2) is 22.9 Å². The monoisotopic (exact) mass is 328 g/mol. The Kier molecular flexibility index (Phi) is 7.67. The fourth-order valence-electron chi connectivity index (χ4n) is 1.88. The van der Waals surface area contributed by atoms with Gasteiger partial charge in [0.05, 0.1) is 12.2 Å². The van der Waals surface area contributed by atoms with Gasteiger partial charge in [0.2, 0.25) is 0 Å². The first-order valence-corrected chi connectivity index (χ1v) is 7.50. The lowest BCUT2D eigenvalue weighted by atomic mass is 10.2. The molecule has 0 atom stereocenters. The summed E-state index contributed by atoms with van der Waals surface area (Å²) in [5.74, 6) is -0.0782. The van der Waals surface area contributed by atoms with Crippen LogP contribution in [0.1, 0.15) is 43.0 Å². The fourth-order valence-corrected chi connectivity index (χ4v) is 2.30. The molecule has 1 heterocycles. The quantitative estimate of drug-likeness (QED) is 0.589. The van der Waals surface area contributed by atoms with Gasteiger partial charge >= 0.3 is 0 Å². The summed E-state index contributed by atoms with van der Waals surface area (Å²) in [4.78, 5) is 18.1. The molecule has 0 aliphatic heterocycles. The first-order chi connectivity index (χ1) is 9.20. The standard InChI is InChI=1S/C14H21BrN2O2/c1-2-3-4-5-9-17(10-11-18)14(19)12-7-6-8-16-13(12)15/h6-8,18H,2-5,9-11H2,1H3. The van der Waals surface area contributed by atoms with E-state index in [0.717, 1.165) is 12.8 Å². The number of hydrogen-bond acceptors (Lipinski definition) is 3. The molecule has 0 radical (unpaired) electrons. The van der Waals surface area contributed by atoms with Crippen LogP contribution in [0.4, 0.5) is 0 Å². The van der Waals surface area contributed by atoms with Gasteiger partial charge in [-0.25, -0.2) is 4.98 Å². The second-order valence-corrected chi connectivity index (χ2v) is 5.17.